The molecule has 0 amide bonds. The van der Waals surface area contributed by atoms with Crippen molar-refractivity contribution in [1.29, 1.82) is 0 Å². The molecule has 0 radical (unpaired) electrons. The number of hydrogen-bond acceptors (Lipinski definition) is 6. The van der Waals surface area contributed by atoms with E-state index in [1.807, 2.05) is 4.68 Å². The van der Waals surface area contributed by atoms with Gasteiger partial charge in [-0.2, -0.15) is 0 Å². The fourth-order valence-corrected chi connectivity index (χ4v) is 2.44. The fourth-order valence-electron chi connectivity index (χ4n) is 2.44. The molecule has 1 aliphatic heterocycles. The third-order valence-electron chi connectivity index (χ3n) is 3.53. The minimum absolute atomic E-state index is 0.125. The van der Waals surface area contributed by atoms with Gasteiger partial charge >= 0.3 is 0 Å². The van der Waals surface area contributed by atoms with E-state index in [0.29, 0.717) is 6.54 Å². The van der Waals surface area contributed by atoms with Crippen molar-refractivity contribution in [3.05, 3.63) is 5.82 Å². The van der Waals surface area contributed by atoms with Gasteiger partial charge in [-0.15, -0.1) is 5.10 Å². The predicted octanol–water partition coefficient (Wildman–Crippen LogP) is -0.464. The molecule has 0 saturated carbocycles. The van der Waals surface area contributed by atoms with Crippen LogP contribution >= 0.6 is 0 Å². The molecule has 108 valence electrons. The molecular formula is C12H24N6O. The SMILES string of the molecule is CN1CCN(Cc2nnnn2C(C)(C)C)C(CO)C1. The number of rotatable bonds is 3. The zero-order valence-corrected chi connectivity index (χ0v) is 12.2. The van der Waals surface area contributed by atoms with Crippen LogP contribution in [-0.2, 0) is 12.1 Å². The van der Waals surface area contributed by atoms with Gasteiger partial charge in [0.2, 0.25) is 0 Å². The summed E-state index contributed by atoms with van der Waals surface area (Å²) in [6.45, 7) is 9.92. The van der Waals surface area contributed by atoms with Crippen LogP contribution in [0.15, 0.2) is 0 Å². The van der Waals surface area contributed by atoms with Crippen molar-refractivity contribution in [1.82, 2.24) is 30.0 Å². The summed E-state index contributed by atoms with van der Waals surface area (Å²) in [5.41, 5.74) is -0.125. The van der Waals surface area contributed by atoms with Gasteiger partial charge < -0.3 is 10.0 Å². The van der Waals surface area contributed by atoms with E-state index in [-0.39, 0.29) is 18.2 Å². The number of aliphatic hydroxyl groups is 1. The number of hydrogen-bond donors (Lipinski definition) is 1. The maximum Gasteiger partial charge on any atom is 0.165 e. The maximum atomic E-state index is 9.51. The molecule has 0 spiro atoms. The second-order valence-corrected chi connectivity index (χ2v) is 6.25. The number of tetrazole rings is 1. The molecule has 7 nitrogen and oxygen atoms in total. The van der Waals surface area contributed by atoms with E-state index < -0.39 is 0 Å². The van der Waals surface area contributed by atoms with Crippen molar-refractivity contribution in [3.8, 4) is 0 Å². The number of aliphatic hydroxyl groups excluding tert-OH is 1. The Morgan fingerprint density at radius 2 is 2.05 bits per heavy atom. The van der Waals surface area contributed by atoms with Crippen LogP contribution < -0.4 is 0 Å². The first-order chi connectivity index (χ1) is 8.91. The van der Waals surface area contributed by atoms with Gasteiger partial charge in [-0.3, -0.25) is 4.90 Å². The van der Waals surface area contributed by atoms with Gasteiger partial charge in [-0.25, -0.2) is 4.68 Å². The first kappa shape index (κ1) is 14.4. The van der Waals surface area contributed by atoms with Crippen LogP contribution in [0.4, 0.5) is 0 Å². The van der Waals surface area contributed by atoms with Crippen molar-refractivity contribution in [3.63, 3.8) is 0 Å². The lowest BCUT2D eigenvalue weighted by Gasteiger charge is -2.39. The summed E-state index contributed by atoms with van der Waals surface area (Å²) >= 11 is 0. The molecule has 1 N–H and O–H groups in total. The van der Waals surface area contributed by atoms with Crippen LogP contribution in [0.3, 0.4) is 0 Å². The highest BCUT2D eigenvalue weighted by molar-refractivity contribution is 4.90. The third-order valence-corrected chi connectivity index (χ3v) is 3.53. The molecule has 1 atom stereocenters. The number of aromatic nitrogens is 4. The molecule has 1 saturated heterocycles. The quantitative estimate of drug-likeness (QED) is 0.800. The summed E-state index contributed by atoms with van der Waals surface area (Å²) in [6.07, 6.45) is 0. The molecule has 0 aliphatic carbocycles. The van der Waals surface area contributed by atoms with Crippen molar-refractivity contribution >= 4 is 0 Å². The van der Waals surface area contributed by atoms with Crippen molar-refractivity contribution in [2.24, 2.45) is 0 Å². The molecule has 2 rings (SSSR count). The van der Waals surface area contributed by atoms with Crippen molar-refractivity contribution in [2.45, 2.75) is 38.9 Å². The van der Waals surface area contributed by atoms with Crippen LogP contribution in [0.1, 0.15) is 26.6 Å². The summed E-state index contributed by atoms with van der Waals surface area (Å²) in [5, 5.41) is 21.5. The molecule has 19 heavy (non-hydrogen) atoms. The summed E-state index contributed by atoms with van der Waals surface area (Å²) in [7, 11) is 2.08. The molecular weight excluding hydrogens is 244 g/mol. The molecule has 7 heteroatoms. The lowest BCUT2D eigenvalue weighted by molar-refractivity contribution is 0.0422. The minimum atomic E-state index is -0.125. The van der Waals surface area contributed by atoms with E-state index in [1.165, 1.54) is 0 Å². The largest absolute Gasteiger partial charge is 0.395 e. The summed E-state index contributed by atoms with van der Waals surface area (Å²) < 4.78 is 1.86. The molecule has 1 unspecified atom stereocenters. The van der Waals surface area contributed by atoms with Crippen LogP contribution in [0.5, 0.6) is 0 Å². The summed E-state index contributed by atoms with van der Waals surface area (Å²) in [4.78, 5) is 4.50. The Kier molecular flexibility index (Phi) is 4.17. The fraction of sp³-hybridized carbons (Fsp3) is 0.917. The van der Waals surface area contributed by atoms with Crippen molar-refractivity contribution in [2.75, 3.05) is 33.3 Å². The monoisotopic (exact) mass is 268 g/mol. The van der Waals surface area contributed by atoms with Crippen LogP contribution in [-0.4, -0.2) is 74.4 Å². The van der Waals surface area contributed by atoms with Crippen LogP contribution in [0.25, 0.3) is 0 Å². The lowest BCUT2D eigenvalue weighted by Crippen LogP contribution is -2.53. The zero-order valence-electron chi connectivity index (χ0n) is 12.2. The predicted molar refractivity (Wildman–Crippen MR) is 71.6 cm³/mol. The molecule has 1 aromatic heterocycles. The highest BCUT2D eigenvalue weighted by Crippen LogP contribution is 2.16. The summed E-state index contributed by atoms with van der Waals surface area (Å²) in [6, 6.07) is 0.156. The maximum absolute atomic E-state index is 9.51. The molecule has 2 heterocycles. The van der Waals surface area contributed by atoms with Gasteiger partial charge in [0.05, 0.1) is 18.7 Å². The standard InChI is InChI=1S/C12H24N6O/c1-12(2,3)18-11(13-14-15-18)8-17-6-5-16(4)7-10(17)9-19/h10,19H,5-9H2,1-4H3. The second-order valence-electron chi connectivity index (χ2n) is 6.25. The number of nitrogens with zero attached hydrogens (tertiary/aromatic N) is 6. The molecule has 0 bridgehead atoms. The van der Waals surface area contributed by atoms with Gasteiger partial charge in [0.1, 0.15) is 0 Å². The number of piperazine rings is 1. The Morgan fingerprint density at radius 3 is 2.68 bits per heavy atom. The van der Waals surface area contributed by atoms with E-state index >= 15 is 0 Å². The first-order valence-corrected chi connectivity index (χ1v) is 6.73. The van der Waals surface area contributed by atoms with Gasteiger partial charge in [0.15, 0.2) is 5.82 Å². The second kappa shape index (κ2) is 5.52. The van der Waals surface area contributed by atoms with Gasteiger partial charge in [-0.05, 0) is 38.2 Å². The highest BCUT2D eigenvalue weighted by Gasteiger charge is 2.28. The Labute approximate surface area is 114 Å². The highest BCUT2D eigenvalue weighted by atomic mass is 16.3. The first-order valence-electron chi connectivity index (χ1n) is 6.73. The van der Waals surface area contributed by atoms with E-state index in [1.54, 1.807) is 0 Å². The van der Waals surface area contributed by atoms with Crippen LogP contribution in [0.2, 0.25) is 0 Å². The lowest BCUT2D eigenvalue weighted by atomic mass is 10.1. The van der Waals surface area contributed by atoms with E-state index in [2.05, 4.69) is 53.1 Å². The normalized spacial score (nSPS) is 22.9. The number of likely N-dealkylation sites (N-methyl/N-ethyl adjacent to an activating group) is 1. The van der Waals surface area contributed by atoms with E-state index in [0.717, 1.165) is 25.5 Å². The Balaban J connectivity index is 2.10. The molecule has 0 aromatic carbocycles. The smallest absolute Gasteiger partial charge is 0.165 e. The topological polar surface area (TPSA) is 70.3 Å². The van der Waals surface area contributed by atoms with Crippen LogP contribution in [0, 0.1) is 0 Å². The molecule has 1 aliphatic rings. The van der Waals surface area contributed by atoms with E-state index in [9.17, 15) is 5.11 Å². The minimum Gasteiger partial charge on any atom is -0.395 e. The van der Waals surface area contributed by atoms with Gasteiger partial charge in [-0.1, -0.05) is 0 Å². The van der Waals surface area contributed by atoms with E-state index in [4.69, 9.17) is 0 Å². The molecule has 1 aromatic rings. The van der Waals surface area contributed by atoms with Gasteiger partial charge in [0, 0.05) is 25.7 Å². The van der Waals surface area contributed by atoms with Gasteiger partial charge in [0.25, 0.3) is 0 Å². The zero-order chi connectivity index (χ0) is 14.0. The Hall–Kier alpha value is -1.05. The third kappa shape index (κ3) is 3.29. The summed E-state index contributed by atoms with van der Waals surface area (Å²) in [5.74, 6) is 0.857. The average Bonchev–Trinajstić information content (AvgIpc) is 2.79. The molecule has 1 fully saturated rings. The Morgan fingerprint density at radius 1 is 1.32 bits per heavy atom. The Bertz CT molecular complexity index is 413. The van der Waals surface area contributed by atoms with Crippen molar-refractivity contribution < 1.29 is 5.11 Å². The average molecular weight is 268 g/mol.